The normalized spacial score (nSPS) is 28.1. The number of carbonyl (C=O) groups is 1. The van der Waals surface area contributed by atoms with Gasteiger partial charge in [-0.05, 0) is 35.1 Å². The molecule has 1 saturated carbocycles. The van der Waals surface area contributed by atoms with Crippen molar-refractivity contribution in [1.82, 2.24) is 15.2 Å². The molecular formula is C25H27N3O2. The molecule has 0 bridgehead atoms. The zero-order valence-electron chi connectivity index (χ0n) is 17.2. The van der Waals surface area contributed by atoms with Gasteiger partial charge in [0.1, 0.15) is 0 Å². The fourth-order valence-electron chi connectivity index (χ4n) is 5.60. The van der Waals surface area contributed by atoms with Gasteiger partial charge in [-0.15, -0.1) is 0 Å². The first-order valence-electron chi connectivity index (χ1n) is 10.6. The summed E-state index contributed by atoms with van der Waals surface area (Å²) in [5, 5.41) is 15.3. The van der Waals surface area contributed by atoms with E-state index in [1.54, 1.807) is 6.92 Å². The van der Waals surface area contributed by atoms with Crippen molar-refractivity contribution >= 4 is 16.8 Å². The van der Waals surface area contributed by atoms with E-state index in [4.69, 9.17) is 0 Å². The second-order valence-corrected chi connectivity index (χ2v) is 8.72. The number of likely N-dealkylation sites (tertiary alicyclic amines) is 1. The molecule has 4 atom stereocenters. The Morgan fingerprint density at radius 2 is 1.93 bits per heavy atom. The number of hydrogen-bond donors (Lipinski definition) is 2. The van der Waals surface area contributed by atoms with Crippen molar-refractivity contribution in [2.75, 3.05) is 19.6 Å². The molecule has 5 heteroatoms. The van der Waals surface area contributed by atoms with Gasteiger partial charge in [0.2, 0.25) is 5.91 Å². The summed E-state index contributed by atoms with van der Waals surface area (Å²) in [4.78, 5) is 18.4. The Hall–Kier alpha value is -2.76. The van der Waals surface area contributed by atoms with E-state index in [1.165, 1.54) is 16.5 Å². The number of aromatic nitrogens is 1. The van der Waals surface area contributed by atoms with Crippen molar-refractivity contribution in [3.05, 3.63) is 78.0 Å². The van der Waals surface area contributed by atoms with Crippen LogP contribution >= 0.6 is 0 Å². The number of fused-ring (bicyclic) bond motifs is 1. The quantitative estimate of drug-likeness (QED) is 0.690. The predicted octanol–water partition coefficient (Wildman–Crippen LogP) is 2.95. The van der Waals surface area contributed by atoms with Crippen LogP contribution in [0, 0.1) is 11.3 Å². The topological polar surface area (TPSA) is 65.5 Å². The molecule has 1 aliphatic carbocycles. The second kappa shape index (κ2) is 7.49. The van der Waals surface area contributed by atoms with Gasteiger partial charge in [-0.3, -0.25) is 14.7 Å². The molecule has 1 spiro atoms. The summed E-state index contributed by atoms with van der Waals surface area (Å²) >= 11 is 0. The Labute approximate surface area is 176 Å². The summed E-state index contributed by atoms with van der Waals surface area (Å²) in [6.45, 7) is 4.43. The Balaban J connectivity index is 1.41. The first kappa shape index (κ1) is 19.2. The number of aliphatic hydroxyl groups is 1. The Morgan fingerprint density at radius 1 is 1.17 bits per heavy atom. The average molecular weight is 402 g/mol. The van der Waals surface area contributed by atoms with Crippen LogP contribution in [0.5, 0.6) is 0 Å². The molecule has 5 rings (SSSR count). The van der Waals surface area contributed by atoms with Crippen LogP contribution in [0.4, 0.5) is 0 Å². The number of para-hydroxylation sites is 1. The minimum Gasteiger partial charge on any atom is -0.391 e. The van der Waals surface area contributed by atoms with Crippen LogP contribution in [0.1, 0.15) is 24.0 Å². The SMILES string of the molecule is CC(=O)NC[C@@H]1[C@@H](c2ccccc2)[C@]12CN(Cc1ccnc3ccccc13)C[C@@H]2O. The van der Waals surface area contributed by atoms with Crippen LogP contribution in [0.2, 0.25) is 0 Å². The fourth-order valence-corrected chi connectivity index (χ4v) is 5.60. The van der Waals surface area contributed by atoms with E-state index in [2.05, 4.69) is 51.6 Å². The maximum absolute atomic E-state index is 11.5. The summed E-state index contributed by atoms with van der Waals surface area (Å²) in [5.74, 6) is 0.495. The zero-order chi connectivity index (χ0) is 20.7. The molecule has 1 aromatic heterocycles. The Bertz CT molecular complexity index is 1060. The molecular weight excluding hydrogens is 374 g/mol. The lowest BCUT2D eigenvalue weighted by atomic mass is 9.95. The second-order valence-electron chi connectivity index (χ2n) is 8.72. The van der Waals surface area contributed by atoms with Gasteiger partial charge >= 0.3 is 0 Å². The van der Waals surface area contributed by atoms with Gasteiger partial charge in [0.25, 0.3) is 0 Å². The van der Waals surface area contributed by atoms with Gasteiger partial charge in [0, 0.05) is 50.1 Å². The van der Waals surface area contributed by atoms with Crippen molar-refractivity contribution in [3.63, 3.8) is 0 Å². The lowest BCUT2D eigenvalue weighted by molar-refractivity contribution is -0.119. The summed E-state index contributed by atoms with van der Waals surface area (Å²) in [7, 11) is 0. The van der Waals surface area contributed by atoms with Crippen LogP contribution < -0.4 is 5.32 Å². The highest BCUT2D eigenvalue weighted by Gasteiger charge is 2.70. The molecule has 0 unspecified atom stereocenters. The molecule has 2 N–H and O–H groups in total. The van der Waals surface area contributed by atoms with Gasteiger partial charge in [-0.1, -0.05) is 48.5 Å². The predicted molar refractivity (Wildman–Crippen MR) is 117 cm³/mol. The average Bonchev–Trinajstić information content (AvgIpc) is 3.29. The molecule has 2 heterocycles. The number of benzene rings is 2. The smallest absolute Gasteiger partial charge is 0.216 e. The highest BCUT2D eigenvalue weighted by molar-refractivity contribution is 5.81. The van der Waals surface area contributed by atoms with Gasteiger partial charge in [-0.2, -0.15) is 0 Å². The molecule has 154 valence electrons. The fraction of sp³-hybridized carbons (Fsp3) is 0.360. The van der Waals surface area contributed by atoms with E-state index >= 15 is 0 Å². The number of pyridine rings is 1. The molecule has 3 aromatic rings. The van der Waals surface area contributed by atoms with E-state index in [0.29, 0.717) is 13.1 Å². The van der Waals surface area contributed by atoms with Crippen LogP contribution in [0.25, 0.3) is 10.9 Å². The molecule has 30 heavy (non-hydrogen) atoms. The molecule has 1 saturated heterocycles. The van der Waals surface area contributed by atoms with Crippen molar-refractivity contribution in [2.45, 2.75) is 25.5 Å². The maximum atomic E-state index is 11.5. The summed E-state index contributed by atoms with van der Waals surface area (Å²) in [5.41, 5.74) is 3.29. The maximum Gasteiger partial charge on any atom is 0.216 e. The van der Waals surface area contributed by atoms with Gasteiger partial charge in [0.05, 0.1) is 11.6 Å². The highest BCUT2D eigenvalue weighted by Crippen LogP contribution is 2.68. The third kappa shape index (κ3) is 3.18. The van der Waals surface area contributed by atoms with E-state index in [-0.39, 0.29) is 23.2 Å². The summed E-state index contributed by atoms with van der Waals surface area (Å²) < 4.78 is 0. The van der Waals surface area contributed by atoms with Crippen LogP contribution in [-0.4, -0.2) is 46.6 Å². The lowest BCUT2D eigenvalue weighted by Gasteiger charge is -2.18. The monoisotopic (exact) mass is 401 g/mol. The number of nitrogens with zero attached hydrogens (tertiary/aromatic N) is 2. The minimum absolute atomic E-state index is 0.0172. The van der Waals surface area contributed by atoms with Crippen LogP contribution in [0.3, 0.4) is 0 Å². The molecule has 5 nitrogen and oxygen atoms in total. The lowest BCUT2D eigenvalue weighted by Crippen LogP contribution is -2.28. The first-order valence-corrected chi connectivity index (χ1v) is 10.6. The van der Waals surface area contributed by atoms with Crippen LogP contribution in [-0.2, 0) is 11.3 Å². The molecule has 0 radical (unpaired) electrons. The Kier molecular flexibility index (Phi) is 4.80. The third-order valence-corrected chi connectivity index (χ3v) is 6.97. The van der Waals surface area contributed by atoms with E-state index in [9.17, 15) is 9.90 Å². The molecule has 2 fully saturated rings. The highest BCUT2D eigenvalue weighted by atomic mass is 16.3. The number of amides is 1. The van der Waals surface area contributed by atoms with E-state index in [1.807, 2.05) is 30.5 Å². The molecule has 2 aliphatic rings. The summed E-state index contributed by atoms with van der Waals surface area (Å²) in [6, 6.07) is 20.7. The molecule has 1 amide bonds. The largest absolute Gasteiger partial charge is 0.391 e. The van der Waals surface area contributed by atoms with Crippen molar-refractivity contribution in [1.29, 1.82) is 0 Å². The number of β-amino-alcohol motifs (C(OH)–C–C–N with tert-alkyl or cyclic N) is 1. The van der Waals surface area contributed by atoms with Gasteiger partial charge in [-0.25, -0.2) is 0 Å². The molecule has 1 aliphatic heterocycles. The number of aliphatic hydroxyl groups excluding tert-OH is 1. The standard InChI is InChI=1S/C25H27N3O2/c1-17(29)27-13-21-24(18-7-3-2-4-8-18)25(21)16-28(15-23(25)30)14-19-11-12-26-22-10-6-5-9-20(19)22/h2-12,21,23-24,30H,13-16H2,1H3,(H,27,29)/t21-,23+,24-,25-/m1/s1. The number of rotatable bonds is 5. The minimum atomic E-state index is -0.408. The number of carbonyl (C=O) groups excluding carboxylic acids is 1. The van der Waals surface area contributed by atoms with Crippen molar-refractivity contribution < 1.29 is 9.90 Å². The number of hydrogen-bond acceptors (Lipinski definition) is 4. The van der Waals surface area contributed by atoms with Crippen molar-refractivity contribution in [3.8, 4) is 0 Å². The third-order valence-electron chi connectivity index (χ3n) is 6.97. The zero-order valence-corrected chi connectivity index (χ0v) is 17.2. The Morgan fingerprint density at radius 3 is 2.73 bits per heavy atom. The first-order chi connectivity index (χ1) is 14.6. The van der Waals surface area contributed by atoms with Gasteiger partial charge < -0.3 is 10.4 Å². The van der Waals surface area contributed by atoms with Crippen molar-refractivity contribution in [2.24, 2.45) is 11.3 Å². The summed E-state index contributed by atoms with van der Waals surface area (Å²) in [6.07, 6.45) is 1.46. The van der Waals surface area contributed by atoms with E-state index in [0.717, 1.165) is 18.6 Å². The molecule has 2 aromatic carbocycles. The van der Waals surface area contributed by atoms with Gasteiger partial charge in [0.15, 0.2) is 0 Å². The van der Waals surface area contributed by atoms with E-state index < -0.39 is 6.10 Å². The number of nitrogens with one attached hydrogen (secondary N) is 1. The van der Waals surface area contributed by atoms with Crippen LogP contribution in [0.15, 0.2) is 66.9 Å².